The van der Waals surface area contributed by atoms with Crippen molar-refractivity contribution in [3.8, 4) is 34.2 Å². The summed E-state index contributed by atoms with van der Waals surface area (Å²) in [5.41, 5.74) is 15.6. The lowest BCUT2D eigenvalue weighted by Gasteiger charge is -2.41. The molecule has 0 unspecified atom stereocenters. The minimum atomic E-state index is -0.213. The summed E-state index contributed by atoms with van der Waals surface area (Å²) in [5.74, 6) is 3.92. The van der Waals surface area contributed by atoms with Crippen molar-refractivity contribution in [2.75, 3.05) is 14.7 Å². The number of hydrogen-bond donors (Lipinski definition) is 0. The molecule has 0 saturated heterocycles. The van der Waals surface area contributed by atoms with Crippen LogP contribution in [0.5, 0.6) is 0 Å². The Labute approximate surface area is 420 Å². The zero-order chi connectivity index (χ0) is 48.9. The van der Waals surface area contributed by atoms with Crippen molar-refractivity contribution in [2.24, 2.45) is 0 Å². The Bertz CT molecular complexity index is 3250. The first-order chi connectivity index (χ1) is 35.0. The monoisotopic (exact) mass is 933 g/mol. The lowest BCUT2D eigenvalue weighted by molar-refractivity contribution is 0.631. The Morgan fingerprint density at radius 1 is 0.278 bits per heavy atom. The van der Waals surface area contributed by atoms with Gasteiger partial charge in [-0.05, 0) is 106 Å². The second-order valence-corrected chi connectivity index (χ2v) is 20.5. The second kappa shape index (κ2) is 16.1. The van der Waals surface area contributed by atoms with Gasteiger partial charge >= 0.3 is 0 Å². The van der Waals surface area contributed by atoms with Crippen LogP contribution in [0.2, 0.25) is 0 Å². The fourth-order valence-corrected chi connectivity index (χ4v) is 11.6. The molecule has 0 aliphatic carbocycles. The smallest absolute Gasteiger partial charge is 0.161 e. The molecule has 9 nitrogen and oxygen atoms in total. The number of aromatic nitrogens is 6. The van der Waals surface area contributed by atoms with Crippen LogP contribution in [0, 0.1) is 0 Å². The largest absolute Gasteiger partial charge is 0.294 e. The molecule has 10 aromatic rings. The maximum absolute atomic E-state index is 5.41. The standard InChI is InChI=1S/C63H51N9/c1-61(2)43-19-7-13-25-49(43)70(50-26-14-8-20-44(50)61)55-31-34-64-58(67-55)40-37-41(59-65-35-32-56(68-59)71-51-27-15-9-21-45(51)62(3,4)46-22-10-16-28-52(46)71)39-42(38-40)60-66-36-33-57(69-60)72-53-29-17-11-23-47(53)63(5,6)48-24-12-18-30-54(48)72/h7-39H,1-6H3. The van der Waals surface area contributed by atoms with E-state index >= 15 is 0 Å². The molecular formula is C63H51N9. The maximum atomic E-state index is 5.41. The van der Waals surface area contributed by atoms with Gasteiger partial charge in [-0.1, -0.05) is 151 Å². The summed E-state index contributed by atoms with van der Waals surface area (Å²) in [4.78, 5) is 38.0. The van der Waals surface area contributed by atoms with Gasteiger partial charge in [-0.2, -0.15) is 0 Å². The number of fused-ring (bicyclic) bond motifs is 6. The highest BCUT2D eigenvalue weighted by Gasteiger charge is 2.40. The minimum Gasteiger partial charge on any atom is -0.294 e. The zero-order valence-electron chi connectivity index (χ0n) is 41.1. The van der Waals surface area contributed by atoms with E-state index in [9.17, 15) is 0 Å². The summed E-state index contributed by atoms with van der Waals surface area (Å²) in [6.45, 7) is 13.8. The molecule has 13 rings (SSSR count). The average Bonchev–Trinajstić information content (AvgIpc) is 3.41. The van der Waals surface area contributed by atoms with Crippen LogP contribution >= 0.6 is 0 Å². The van der Waals surface area contributed by atoms with Crippen LogP contribution in [-0.2, 0) is 16.2 Å². The first-order valence-corrected chi connectivity index (χ1v) is 24.6. The molecule has 6 heterocycles. The van der Waals surface area contributed by atoms with Crippen LogP contribution in [0.15, 0.2) is 201 Å². The van der Waals surface area contributed by atoms with Gasteiger partial charge in [0.05, 0.1) is 34.1 Å². The molecule has 3 aliphatic heterocycles. The molecule has 3 aromatic heterocycles. The van der Waals surface area contributed by atoms with Crippen molar-refractivity contribution in [2.45, 2.75) is 57.8 Å². The maximum Gasteiger partial charge on any atom is 0.161 e. The van der Waals surface area contributed by atoms with E-state index < -0.39 is 0 Å². The van der Waals surface area contributed by atoms with Crippen LogP contribution < -0.4 is 14.7 Å². The fraction of sp³-hybridized carbons (Fsp3) is 0.143. The van der Waals surface area contributed by atoms with Gasteiger partial charge in [0.2, 0.25) is 0 Å². The van der Waals surface area contributed by atoms with E-state index in [0.29, 0.717) is 17.5 Å². The van der Waals surface area contributed by atoms with Crippen LogP contribution in [0.3, 0.4) is 0 Å². The lowest BCUT2D eigenvalue weighted by atomic mass is 9.73. The van der Waals surface area contributed by atoms with Crippen molar-refractivity contribution in [3.63, 3.8) is 0 Å². The normalized spacial score (nSPS) is 15.3. The Kier molecular flexibility index (Phi) is 9.67. The lowest BCUT2D eigenvalue weighted by Crippen LogP contribution is -2.30. The van der Waals surface area contributed by atoms with Gasteiger partial charge in [0.1, 0.15) is 17.5 Å². The van der Waals surface area contributed by atoms with Gasteiger partial charge in [-0.25, -0.2) is 29.9 Å². The molecule has 0 N–H and O–H groups in total. The van der Waals surface area contributed by atoms with Crippen molar-refractivity contribution in [3.05, 3.63) is 234 Å². The molecule has 0 radical (unpaired) electrons. The third-order valence-corrected chi connectivity index (χ3v) is 15.2. The van der Waals surface area contributed by atoms with E-state index in [1.54, 1.807) is 0 Å². The summed E-state index contributed by atoms with van der Waals surface area (Å²) >= 11 is 0. The molecule has 7 aromatic carbocycles. The third kappa shape index (κ3) is 6.60. The molecule has 0 fully saturated rings. The van der Waals surface area contributed by atoms with Gasteiger partial charge in [0.25, 0.3) is 0 Å². The molecule has 348 valence electrons. The summed E-state index contributed by atoms with van der Waals surface area (Å²) in [6.07, 6.45) is 5.55. The van der Waals surface area contributed by atoms with Crippen LogP contribution in [0.25, 0.3) is 34.2 Å². The van der Waals surface area contributed by atoms with Gasteiger partial charge in [-0.3, -0.25) is 14.7 Å². The van der Waals surface area contributed by atoms with Crippen molar-refractivity contribution < 1.29 is 0 Å². The van der Waals surface area contributed by atoms with Crippen LogP contribution in [0.1, 0.15) is 74.9 Å². The SMILES string of the molecule is CC1(C)c2ccccc2N(c2ccnc(-c3cc(-c4nccc(N5c6ccccc6C(C)(C)c6ccccc65)n4)cc(-c4nccc(N5c6ccccc6C(C)(C)c6ccccc65)n4)c3)n2)c2ccccc21. The molecule has 0 saturated carbocycles. The Balaban J connectivity index is 0.987. The first kappa shape index (κ1) is 43.2. The number of nitrogens with zero attached hydrogens (tertiary/aromatic N) is 9. The van der Waals surface area contributed by atoms with E-state index in [2.05, 4.69) is 220 Å². The predicted octanol–water partition coefficient (Wildman–Crippen LogP) is 15.4. The topological polar surface area (TPSA) is 87.1 Å². The molecule has 72 heavy (non-hydrogen) atoms. The number of hydrogen-bond acceptors (Lipinski definition) is 9. The highest BCUT2D eigenvalue weighted by Crippen LogP contribution is 2.54. The quantitative estimate of drug-likeness (QED) is 0.162. The summed E-state index contributed by atoms with van der Waals surface area (Å²) in [6, 6.07) is 64.0. The fourth-order valence-electron chi connectivity index (χ4n) is 11.6. The van der Waals surface area contributed by atoms with Crippen molar-refractivity contribution >= 4 is 51.6 Å². The molecule has 3 aliphatic rings. The number of anilines is 9. The number of rotatable bonds is 6. The molecule has 9 heteroatoms. The van der Waals surface area contributed by atoms with Crippen LogP contribution in [-0.4, -0.2) is 29.9 Å². The Morgan fingerprint density at radius 2 is 0.486 bits per heavy atom. The molecule has 0 atom stereocenters. The van der Waals surface area contributed by atoms with E-state index in [1.165, 1.54) is 33.4 Å². The molecule has 0 amide bonds. The summed E-state index contributed by atoms with van der Waals surface area (Å²) in [7, 11) is 0. The molecular weight excluding hydrogens is 883 g/mol. The van der Waals surface area contributed by atoms with E-state index in [4.69, 9.17) is 29.9 Å². The zero-order valence-corrected chi connectivity index (χ0v) is 41.1. The highest BCUT2D eigenvalue weighted by atomic mass is 15.2. The summed E-state index contributed by atoms with van der Waals surface area (Å²) < 4.78 is 0. The third-order valence-electron chi connectivity index (χ3n) is 15.2. The molecule has 0 spiro atoms. The Hall–Kier alpha value is -8.82. The summed E-state index contributed by atoms with van der Waals surface area (Å²) in [5, 5.41) is 0. The van der Waals surface area contributed by atoms with Crippen molar-refractivity contribution in [1.82, 2.24) is 29.9 Å². The first-order valence-electron chi connectivity index (χ1n) is 24.6. The van der Waals surface area contributed by atoms with E-state index in [-0.39, 0.29) is 16.2 Å². The second-order valence-electron chi connectivity index (χ2n) is 20.5. The van der Waals surface area contributed by atoms with Crippen molar-refractivity contribution in [1.29, 1.82) is 0 Å². The number of para-hydroxylation sites is 6. The average molecular weight is 934 g/mol. The van der Waals surface area contributed by atoms with Gasteiger partial charge < -0.3 is 0 Å². The van der Waals surface area contributed by atoms with Gasteiger partial charge in [-0.15, -0.1) is 0 Å². The van der Waals surface area contributed by atoms with E-state index in [0.717, 1.165) is 68.3 Å². The molecule has 0 bridgehead atoms. The predicted molar refractivity (Wildman–Crippen MR) is 290 cm³/mol. The van der Waals surface area contributed by atoms with Gasteiger partial charge in [0.15, 0.2) is 17.5 Å². The van der Waals surface area contributed by atoms with Crippen LogP contribution in [0.4, 0.5) is 51.6 Å². The highest BCUT2D eigenvalue weighted by molar-refractivity contribution is 5.88. The Morgan fingerprint density at radius 3 is 0.708 bits per heavy atom. The van der Waals surface area contributed by atoms with Gasteiger partial charge in [0, 0.05) is 51.5 Å². The number of benzene rings is 7. The van der Waals surface area contributed by atoms with E-state index in [1.807, 2.05) is 36.8 Å². The minimum absolute atomic E-state index is 0.213.